The summed E-state index contributed by atoms with van der Waals surface area (Å²) in [6, 6.07) is 0. The van der Waals surface area contributed by atoms with Crippen LogP contribution in [0.25, 0.3) is 0 Å². The van der Waals surface area contributed by atoms with E-state index in [1.807, 2.05) is 0 Å². The van der Waals surface area contributed by atoms with Gasteiger partial charge in [0, 0.05) is 5.57 Å². The Balaban J connectivity index is 5.01. The Hall–Kier alpha value is -0.680. The maximum Gasteiger partial charge on any atom is 0.426 e. The molecule has 0 heterocycles. The number of allylic oxidation sites excluding steroid dienone is 1. The van der Waals surface area contributed by atoms with Gasteiger partial charge in [-0.3, -0.25) is 0 Å². The van der Waals surface area contributed by atoms with E-state index in [2.05, 4.69) is 0 Å². The Morgan fingerprint density at radius 3 is 1.42 bits per heavy atom. The van der Waals surface area contributed by atoms with Crippen molar-refractivity contribution in [1.82, 2.24) is 0 Å². The van der Waals surface area contributed by atoms with Gasteiger partial charge in [-0.1, -0.05) is 0 Å². The van der Waals surface area contributed by atoms with Gasteiger partial charge in [0.15, 0.2) is 0 Å². The third-order valence-electron chi connectivity index (χ3n) is 1.52. The molecule has 6 heteroatoms. The standard InChI is InChI=1S/C6H6F6/c1-3(4(7)8)5(2,9)6(10,11)12/h1-2H3. The summed E-state index contributed by atoms with van der Waals surface area (Å²) in [6.07, 6.45) is -7.95. The zero-order chi connectivity index (χ0) is 10.2. The predicted molar refractivity (Wildman–Crippen MR) is 30.5 cm³/mol. The lowest BCUT2D eigenvalue weighted by atomic mass is 10.00. The van der Waals surface area contributed by atoms with Crippen LogP contribution in [0.15, 0.2) is 11.7 Å². The molecule has 0 N–H and O–H groups in total. The van der Waals surface area contributed by atoms with Crippen molar-refractivity contribution in [1.29, 1.82) is 0 Å². The van der Waals surface area contributed by atoms with Crippen LogP contribution in [0.5, 0.6) is 0 Å². The number of hydrogen-bond acceptors (Lipinski definition) is 0. The molecule has 0 radical (unpaired) electrons. The second kappa shape index (κ2) is 2.99. The van der Waals surface area contributed by atoms with Crippen molar-refractivity contribution in [2.24, 2.45) is 0 Å². The van der Waals surface area contributed by atoms with Gasteiger partial charge in [0.05, 0.1) is 0 Å². The fourth-order valence-corrected chi connectivity index (χ4v) is 0.390. The summed E-state index contributed by atoms with van der Waals surface area (Å²) in [6.45, 7) is 0.463. The fourth-order valence-electron chi connectivity index (χ4n) is 0.390. The maximum atomic E-state index is 12.6. The minimum absolute atomic E-state index is 0.0570. The molecule has 1 unspecified atom stereocenters. The van der Waals surface area contributed by atoms with E-state index in [-0.39, 0.29) is 6.92 Å². The largest absolute Gasteiger partial charge is 0.426 e. The van der Waals surface area contributed by atoms with Crippen molar-refractivity contribution in [3.63, 3.8) is 0 Å². The highest BCUT2D eigenvalue weighted by molar-refractivity contribution is 5.16. The second-order valence-corrected chi connectivity index (χ2v) is 2.39. The molecule has 0 aliphatic heterocycles. The van der Waals surface area contributed by atoms with Crippen molar-refractivity contribution >= 4 is 0 Å². The SMILES string of the molecule is CC(=C(F)F)C(C)(F)C(F)(F)F. The summed E-state index contributed by atoms with van der Waals surface area (Å²) >= 11 is 0. The second-order valence-electron chi connectivity index (χ2n) is 2.39. The first kappa shape index (κ1) is 11.3. The minimum Gasteiger partial charge on any atom is -0.229 e. The summed E-state index contributed by atoms with van der Waals surface area (Å²) in [4.78, 5) is 0. The van der Waals surface area contributed by atoms with E-state index < -0.39 is 23.5 Å². The molecule has 0 bridgehead atoms. The molecule has 0 rings (SSSR count). The molecule has 0 spiro atoms. The lowest BCUT2D eigenvalue weighted by molar-refractivity contribution is -0.210. The molecule has 0 aromatic rings. The summed E-state index contributed by atoms with van der Waals surface area (Å²) in [7, 11) is 0. The topological polar surface area (TPSA) is 0 Å². The average molecular weight is 192 g/mol. The molecular weight excluding hydrogens is 186 g/mol. The Morgan fingerprint density at radius 2 is 1.33 bits per heavy atom. The minimum atomic E-state index is -5.31. The average Bonchev–Trinajstić information content (AvgIpc) is 1.83. The quantitative estimate of drug-likeness (QED) is 0.558. The van der Waals surface area contributed by atoms with Gasteiger partial charge in [-0.05, 0) is 13.8 Å². The molecule has 0 aliphatic rings. The van der Waals surface area contributed by atoms with E-state index in [4.69, 9.17) is 0 Å². The van der Waals surface area contributed by atoms with Gasteiger partial charge in [0.1, 0.15) is 0 Å². The highest BCUT2D eigenvalue weighted by atomic mass is 19.4. The Bertz CT molecular complexity index is 195. The van der Waals surface area contributed by atoms with E-state index in [0.29, 0.717) is 6.92 Å². The Morgan fingerprint density at radius 1 is 1.00 bits per heavy atom. The monoisotopic (exact) mass is 192 g/mol. The van der Waals surface area contributed by atoms with Crippen molar-refractivity contribution in [2.45, 2.75) is 25.7 Å². The van der Waals surface area contributed by atoms with Crippen LogP contribution >= 0.6 is 0 Å². The molecule has 1 atom stereocenters. The van der Waals surface area contributed by atoms with Crippen LogP contribution in [0.3, 0.4) is 0 Å². The molecule has 0 aromatic heterocycles. The normalized spacial score (nSPS) is 17.0. The van der Waals surface area contributed by atoms with Gasteiger partial charge < -0.3 is 0 Å². The van der Waals surface area contributed by atoms with Gasteiger partial charge in [-0.25, -0.2) is 4.39 Å². The first-order chi connectivity index (χ1) is 5.10. The molecule has 0 amide bonds. The lowest BCUT2D eigenvalue weighted by Gasteiger charge is -2.23. The number of hydrogen-bond donors (Lipinski definition) is 0. The van der Waals surface area contributed by atoms with Crippen LogP contribution in [0.1, 0.15) is 13.8 Å². The van der Waals surface area contributed by atoms with Crippen molar-refractivity contribution < 1.29 is 26.3 Å². The first-order valence-corrected chi connectivity index (χ1v) is 2.88. The van der Waals surface area contributed by atoms with E-state index in [1.165, 1.54) is 0 Å². The summed E-state index contributed by atoms with van der Waals surface area (Å²) in [5, 5.41) is 0. The summed E-state index contributed by atoms with van der Waals surface area (Å²) in [5.41, 5.74) is -5.55. The number of rotatable bonds is 1. The van der Waals surface area contributed by atoms with Crippen LogP contribution < -0.4 is 0 Å². The molecule has 0 saturated carbocycles. The zero-order valence-corrected chi connectivity index (χ0v) is 6.27. The summed E-state index contributed by atoms with van der Waals surface area (Å²) < 4.78 is 70.9. The maximum absolute atomic E-state index is 12.6. The third-order valence-corrected chi connectivity index (χ3v) is 1.52. The van der Waals surface area contributed by atoms with Crippen LogP contribution in [0.4, 0.5) is 26.3 Å². The Kier molecular flexibility index (Phi) is 2.82. The van der Waals surface area contributed by atoms with Crippen LogP contribution in [0, 0.1) is 0 Å². The lowest BCUT2D eigenvalue weighted by Crippen LogP contribution is -2.39. The molecule has 0 nitrogen and oxygen atoms in total. The van der Waals surface area contributed by atoms with E-state index in [9.17, 15) is 26.3 Å². The predicted octanol–water partition coefficient (Wildman–Crippen LogP) is 3.45. The Labute approximate surface area is 64.9 Å². The van der Waals surface area contributed by atoms with Crippen molar-refractivity contribution in [3.05, 3.63) is 11.7 Å². The number of halogens is 6. The zero-order valence-electron chi connectivity index (χ0n) is 6.27. The smallest absolute Gasteiger partial charge is 0.229 e. The van der Waals surface area contributed by atoms with Gasteiger partial charge in [-0.15, -0.1) is 0 Å². The first-order valence-electron chi connectivity index (χ1n) is 2.88. The fraction of sp³-hybridized carbons (Fsp3) is 0.667. The molecule has 0 saturated heterocycles. The number of alkyl halides is 4. The summed E-state index contributed by atoms with van der Waals surface area (Å²) in [5.74, 6) is 0. The molecule has 0 aliphatic carbocycles. The highest BCUT2D eigenvalue weighted by Crippen LogP contribution is 2.40. The molecule has 72 valence electrons. The van der Waals surface area contributed by atoms with Crippen molar-refractivity contribution in [3.8, 4) is 0 Å². The van der Waals surface area contributed by atoms with Crippen LogP contribution in [-0.2, 0) is 0 Å². The van der Waals surface area contributed by atoms with Crippen molar-refractivity contribution in [2.75, 3.05) is 0 Å². The highest BCUT2D eigenvalue weighted by Gasteiger charge is 2.54. The van der Waals surface area contributed by atoms with Gasteiger partial charge in [-0.2, -0.15) is 22.0 Å². The van der Waals surface area contributed by atoms with E-state index in [1.54, 1.807) is 0 Å². The third kappa shape index (κ3) is 1.92. The molecular formula is C6H6F6. The van der Waals surface area contributed by atoms with Gasteiger partial charge in [0.25, 0.3) is 6.08 Å². The van der Waals surface area contributed by atoms with Gasteiger partial charge >= 0.3 is 6.18 Å². The molecule has 0 aromatic carbocycles. The van der Waals surface area contributed by atoms with Crippen LogP contribution in [-0.4, -0.2) is 11.8 Å². The van der Waals surface area contributed by atoms with Gasteiger partial charge in [0.2, 0.25) is 5.67 Å². The van der Waals surface area contributed by atoms with E-state index >= 15 is 0 Å². The van der Waals surface area contributed by atoms with Crippen LogP contribution in [0.2, 0.25) is 0 Å². The molecule has 0 fully saturated rings. The van der Waals surface area contributed by atoms with E-state index in [0.717, 1.165) is 0 Å². The molecule has 12 heavy (non-hydrogen) atoms.